The first-order valence-corrected chi connectivity index (χ1v) is 8.93. The molecule has 134 valence electrons. The van der Waals surface area contributed by atoms with Crippen LogP contribution >= 0.6 is 23.4 Å². The van der Waals surface area contributed by atoms with E-state index in [1.807, 2.05) is 18.2 Å². The van der Waals surface area contributed by atoms with Gasteiger partial charge in [0.15, 0.2) is 5.16 Å². The molecule has 0 aliphatic heterocycles. The molecular weight excluding hydrogens is 376 g/mol. The maximum absolute atomic E-state index is 11.9. The lowest BCUT2D eigenvalue weighted by Crippen LogP contribution is -2.42. The number of ether oxygens (including phenoxy) is 1. The molecule has 0 bridgehead atoms. The third kappa shape index (κ3) is 4.47. The van der Waals surface area contributed by atoms with Gasteiger partial charge in [-0.25, -0.2) is 4.98 Å². The van der Waals surface area contributed by atoms with Crippen LogP contribution in [0.4, 0.5) is 0 Å². The van der Waals surface area contributed by atoms with Crippen LogP contribution in [0.3, 0.4) is 0 Å². The lowest BCUT2D eigenvalue weighted by atomic mass is 10.2. The van der Waals surface area contributed by atoms with Crippen LogP contribution in [-0.2, 0) is 4.79 Å². The molecule has 2 aromatic carbocycles. The summed E-state index contributed by atoms with van der Waals surface area (Å²) >= 11 is 7.00. The maximum Gasteiger partial charge on any atom is 0.269 e. The number of H-pyrrole nitrogens is 1. The van der Waals surface area contributed by atoms with Crippen LogP contribution in [0.15, 0.2) is 47.6 Å². The van der Waals surface area contributed by atoms with E-state index < -0.39 is 5.91 Å². The van der Waals surface area contributed by atoms with Gasteiger partial charge in [-0.2, -0.15) is 0 Å². The number of aromatic nitrogens is 2. The summed E-state index contributed by atoms with van der Waals surface area (Å²) in [6, 6.07) is 11.8. The average Bonchev–Trinajstić information content (AvgIpc) is 3.07. The third-order valence-electron chi connectivity index (χ3n) is 3.43. The van der Waals surface area contributed by atoms with Gasteiger partial charge in [-0.3, -0.25) is 20.4 Å². The first kappa shape index (κ1) is 18.1. The topological polar surface area (TPSA) is 96.1 Å². The second-order valence-electron chi connectivity index (χ2n) is 5.22. The summed E-state index contributed by atoms with van der Waals surface area (Å²) in [4.78, 5) is 31.3. The maximum atomic E-state index is 11.9. The zero-order valence-corrected chi connectivity index (χ0v) is 15.3. The Morgan fingerprint density at radius 3 is 2.69 bits per heavy atom. The second kappa shape index (κ2) is 8.11. The Balaban J connectivity index is 1.50. The minimum Gasteiger partial charge on any atom is -0.497 e. The highest BCUT2D eigenvalue weighted by molar-refractivity contribution is 7.99. The summed E-state index contributed by atoms with van der Waals surface area (Å²) < 4.78 is 5.16. The van der Waals surface area contributed by atoms with Gasteiger partial charge in [0.25, 0.3) is 5.91 Å². The van der Waals surface area contributed by atoms with Crippen LogP contribution in [0.5, 0.6) is 5.75 Å². The molecule has 0 spiro atoms. The van der Waals surface area contributed by atoms with E-state index in [0.29, 0.717) is 15.7 Å². The van der Waals surface area contributed by atoms with Crippen molar-refractivity contribution < 1.29 is 14.3 Å². The van der Waals surface area contributed by atoms with E-state index in [9.17, 15) is 9.59 Å². The number of hydrazine groups is 1. The Bertz CT molecular complexity index is 943. The standard InChI is InChI=1S/C17H15ClN4O3S/c1-25-12-6-7-13-14(8-12)20-17(19-13)26-9-15(23)21-22-16(24)10-2-4-11(18)5-3-10/h2-8H,9H2,1H3,(H,19,20)(H,21,23)(H,22,24). The van der Waals surface area contributed by atoms with E-state index in [0.717, 1.165) is 16.8 Å². The van der Waals surface area contributed by atoms with Crippen LogP contribution in [-0.4, -0.2) is 34.6 Å². The smallest absolute Gasteiger partial charge is 0.269 e. The van der Waals surface area contributed by atoms with Crippen molar-refractivity contribution in [2.24, 2.45) is 0 Å². The molecule has 3 N–H and O–H groups in total. The molecule has 3 rings (SSSR count). The van der Waals surface area contributed by atoms with Crippen molar-refractivity contribution >= 4 is 46.2 Å². The first-order valence-electron chi connectivity index (χ1n) is 7.56. The van der Waals surface area contributed by atoms with Gasteiger partial charge in [0, 0.05) is 16.7 Å². The average molecular weight is 391 g/mol. The normalized spacial score (nSPS) is 10.5. The van der Waals surface area contributed by atoms with Crippen molar-refractivity contribution in [3.05, 3.63) is 53.1 Å². The predicted octanol–water partition coefficient (Wildman–Crippen LogP) is 2.78. The number of nitrogens with zero attached hydrogens (tertiary/aromatic N) is 1. The van der Waals surface area contributed by atoms with Crippen LogP contribution < -0.4 is 15.6 Å². The third-order valence-corrected chi connectivity index (χ3v) is 4.55. The highest BCUT2D eigenvalue weighted by atomic mass is 35.5. The highest BCUT2D eigenvalue weighted by Gasteiger charge is 2.10. The number of carbonyl (C=O) groups excluding carboxylic acids is 2. The number of imidazole rings is 1. The van der Waals surface area contributed by atoms with Crippen LogP contribution in [0.1, 0.15) is 10.4 Å². The van der Waals surface area contributed by atoms with Crippen molar-refractivity contribution in [3.63, 3.8) is 0 Å². The number of hydrogen-bond acceptors (Lipinski definition) is 5. The van der Waals surface area contributed by atoms with Gasteiger partial charge in [-0.05, 0) is 36.4 Å². The Kier molecular flexibility index (Phi) is 5.65. The molecule has 0 aliphatic rings. The van der Waals surface area contributed by atoms with E-state index in [1.165, 1.54) is 11.8 Å². The van der Waals surface area contributed by atoms with Gasteiger partial charge in [-0.15, -0.1) is 0 Å². The van der Waals surface area contributed by atoms with Crippen molar-refractivity contribution in [2.75, 3.05) is 12.9 Å². The molecule has 0 fully saturated rings. The Hall–Kier alpha value is -2.71. The molecule has 26 heavy (non-hydrogen) atoms. The van der Waals surface area contributed by atoms with Gasteiger partial charge in [-0.1, -0.05) is 23.4 Å². The monoisotopic (exact) mass is 390 g/mol. The number of rotatable bonds is 5. The molecule has 0 radical (unpaired) electrons. The van der Waals surface area contributed by atoms with E-state index in [2.05, 4.69) is 20.8 Å². The number of benzene rings is 2. The number of amides is 2. The predicted molar refractivity (Wildman–Crippen MR) is 100 cm³/mol. The highest BCUT2D eigenvalue weighted by Crippen LogP contribution is 2.22. The molecule has 0 aliphatic carbocycles. The molecule has 1 aromatic heterocycles. The Morgan fingerprint density at radius 1 is 1.19 bits per heavy atom. The van der Waals surface area contributed by atoms with E-state index in [4.69, 9.17) is 16.3 Å². The Morgan fingerprint density at radius 2 is 1.96 bits per heavy atom. The largest absolute Gasteiger partial charge is 0.497 e. The molecule has 1 heterocycles. The van der Waals surface area contributed by atoms with Crippen molar-refractivity contribution in [2.45, 2.75) is 5.16 Å². The molecule has 0 atom stereocenters. The fourth-order valence-corrected chi connectivity index (χ4v) is 2.94. The zero-order valence-electron chi connectivity index (χ0n) is 13.7. The van der Waals surface area contributed by atoms with E-state index in [1.54, 1.807) is 31.4 Å². The number of halogens is 1. The van der Waals surface area contributed by atoms with Gasteiger partial charge in [0.05, 0.1) is 23.9 Å². The molecule has 9 heteroatoms. The number of fused-ring (bicyclic) bond motifs is 1. The summed E-state index contributed by atoms with van der Waals surface area (Å²) in [6.45, 7) is 0. The molecule has 0 unspecified atom stereocenters. The van der Waals surface area contributed by atoms with Crippen molar-refractivity contribution in [1.29, 1.82) is 0 Å². The number of thioether (sulfide) groups is 1. The van der Waals surface area contributed by atoms with Crippen LogP contribution in [0.25, 0.3) is 11.0 Å². The number of carbonyl (C=O) groups is 2. The van der Waals surface area contributed by atoms with Crippen molar-refractivity contribution in [3.8, 4) is 5.75 Å². The van der Waals surface area contributed by atoms with Gasteiger partial charge >= 0.3 is 0 Å². The van der Waals surface area contributed by atoms with Gasteiger partial charge < -0.3 is 9.72 Å². The van der Waals surface area contributed by atoms with Gasteiger partial charge in [0.1, 0.15) is 5.75 Å². The number of aromatic amines is 1. The minimum atomic E-state index is -0.421. The fraction of sp³-hybridized carbons (Fsp3) is 0.118. The molecular formula is C17H15ClN4O3S. The summed E-state index contributed by atoms with van der Waals surface area (Å²) in [5.74, 6) is 0.0456. The van der Waals surface area contributed by atoms with Crippen LogP contribution in [0, 0.1) is 0 Å². The second-order valence-corrected chi connectivity index (χ2v) is 6.62. The quantitative estimate of drug-likeness (QED) is 0.460. The lowest BCUT2D eigenvalue weighted by Gasteiger charge is -2.06. The molecule has 0 saturated carbocycles. The summed E-state index contributed by atoms with van der Waals surface area (Å²) in [5.41, 5.74) is 6.72. The summed E-state index contributed by atoms with van der Waals surface area (Å²) in [6.07, 6.45) is 0. The molecule has 0 saturated heterocycles. The molecule has 2 amide bonds. The number of methoxy groups -OCH3 is 1. The van der Waals surface area contributed by atoms with E-state index >= 15 is 0 Å². The van der Waals surface area contributed by atoms with E-state index in [-0.39, 0.29) is 11.7 Å². The number of hydrogen-bond donors (Lipinski definition) is 3. The molecule has 3 aromatic rings. The summed E-state index contributed by atoms with van der Waals surface area (Å²) in [5, 5.41) is 1.14. The minimum absolute atomic E-state index is 0.0951. The van der Waals surface area contributed by atoms with Gasteiger partial charge in [0.2, 0.25) is 5.91 Å². The van der Waals surface area contributed by atoms with Crippen molar-refractivity contribution in [1.82, 2.24) is 20.8 Å². The summed E-state index contributed by atoms with van der Waals surface area (Å²) in [7, 11) is 1.59. The number of nitrogens with one attached hydrogen (secondary N) is 3. The fourth-order valence-electron chi connectivity index (χ4n) is 2.13. The SMILES string of the molecule is COc1ccc2nc(SCC(=O)NNC(=O)c3ccc(Cl)cc3)[nH]c2c1. The first-order chi connectivity index (χ1) is 12.5. The Labute approximate surface area is 158 Å². The lowest BCUT2D eigenvalue weighted by molar-refractivity contribution is -0.119. The zero-order chi connectivity index (χ0) is 18.5. The van der Waals surface area contributed by atoms with Crippen LogP contribution in [0.2, 0.25) is 5.02 Å². The molecule has 7 nitrogen and oxygen atoms in total.